The highest BCUT2D eigenvalue weighted by molar-refractivity contribution is 5.78. The molecular weight excluding hydrogens is 208 g/mol. The van der Waals surface area contributed by atoms with E-state index >= 15 is 0 Å². The molecule has 1 unspecified atom stereocenters. The van der Waals surface area contributed by atoms with Crippen LogP contribution in [0.1, 0.15) is 25.5 Å². The van der Waals surface area contributed by atoms with Gasteiger partial charge in [-0.3, -0.25) is 4.98 Å². The van der Waals surface area contributed by atoms with Gasteiger partial charge in [0.15, 0.2) is 0 Å². The van der Waals surface area contributed by atoms with Crippen molar-refractivity contribution < 1.29 is 0 Å². The van der Waals surface area contributed by atoms with Gasteiger partial charge in [0.05, 0.1) is 5.52 Å². The molecular formula is C15H18N2. The summed E-state index contributed by atoms with van der Waals surface area (Å²) in [5.41, 5.74) is 2.53. The number of benzene rings is 1. The number of aromatic nitrogens is 1. The van der Waals surface area contributed by atoms with Crippen LogP contribution in [0.5, 0.6) is 0 Å². The van der Waals surface area contributed by atoms with Gasteiger partial charge in [0.1, 0.15) is 0 Å². The molecule has 1 fully saturated rings. The molecule has 0 bridgehead atoms. The van der Waals surface area contributed by atoms with E-state index in [1.165, 1.54) is 23.9 Å². The number of rotatable bonds is 1. The van der Waals surface area contributed by atoms with Gasteiger partial charge < -0.3 is 5.32 Å². The first-order valence-corrected chi connectivity index (χ1v) is 6.35. The fourth-order valence-electron chi connectivity index (χ4n) is 2.68. The van der Waals surface area contributed by atoms with E-state index in [1.54, 1.807) is 0 Å². The Balaban J connectivity index is 2.05. The zero-order chi connectivity index (χ0) is 11.7. The maximum absolute atomic E-state index is 4.83. The van der Waals surface area contributed by atoms with Crippen LogP contribution in [0, 0.1) is 0 Å². The van der Waals surface area contributed by atoms with Crippen LogP contribution in [0.4, 0.5) is 0 Å². The normalized spacial score (nSPS) is 25.0. The van der Waals surface area contributed by atoms with Crippen LogP contribution in [-0.2, 0) is 5.41 Å². The molecule has 1 aromatic carbocycles. The van der Waals surface area contributed by atoms with Crippen LogP contribution in [-0.4, -0.2) is 18.1 Å². The Morgan fingerprint density at radius 2 is 2.06 bits per heavy atom. The molecule has 1 saturated heterocycles. The molecule has 1 aliphatic heterocycles. The summed E-state index contributed by atoms with van der Waals surface area (Å²) >= 11 is 0. The molecule has 2 heteroatoms. The number of nitrogens with one attached hydrogen (secondary N) is 1. The van der Waals surface area contributed by atoms with Gasteiger partial charge in [-0.1, -0.05) is 31.2 Å². The van der Waals surface area contributed by atoms with E-state index < -0.39 is 0 Å². The van der Waals surface area contributed by atoms with E-state index in [2.05, 4.69) is 48.6 Å². The SMILES string of the molecule is CC1(c2ccc3ccccc3n2)CCCNC1. The Morgan fingerprint density at radius 3 is 2.88 bits per heavy atom. The number of fused-ring (bicyclic) bond motifs is 1. The molecule has 0 saturated carbocycles. The predicted octanol–water partition coefficient (Wildman–Crippen LogP) is 2.88. The molecule has 88 valence electrons. The topological polar surface area (TPSA) is 24.9 Å². The van der Waals surface area contributed by atoms with Crippen molar-refractivity contribution >= 4 is 10.9 Å². The Morgan fingerprint density at radius 1 is 1.18 bits per heavy atom. The average Bonchev–Trinajstić information content (AvgIpc) is 2.39. The Kier molecular flexibility index (Phi) is 2.60. The smallest absolute Gasteiger partial charge is 0.0705 e. The first-order valence-electron chi connectivity index (χ1n) is 6.35. The lowest BCUT2D eigenvalue weighted by molar-refractivity contribution is 0.333. The van der Waals surface area contributed by atoms with E-state index in [4.69, 9.17) is 4.98 Å². The van der Waals surface area contributed by atoms with Crippen LogP contribution in [0.25, 0.3) is 10.9 Å². The number of piperidine rings is 1. The van der Waals surface area contributed by atoms with Gasteiger partial charge in [0, 0.05) is 23.0 Å². The van der Waals surface area contributed by atoms with Crippen molar-refractivity contribution in [2.24, 2.45) is 0 Å². The van der Waals surface area contributed by atoms with Crippen LogP contribution < -0.4 is 5.32 Å². The van der Waals surface area contributed by atoms with Crippen LogP contribution in [0.2, 0.25) is 0 Å². The number of pyridine rings is 1. The minimum atomic E-state index is 0.197. The number of nitrogens with zero attached hydrogens (tertiary/aromatic N) is 1. The molecule has 2 nitrogen and oxygen atoms in total. The zero-order valence-electron chi connectivity index (χ0n) is 10.2. The highest BCUT2D eigenvalue weighted by atomic mass is 14.9. The third-order valence-corrected chi connectivity index (χ3v) is 3.81. The highest BCUT2D eigenvalue weighted by Crippen LogP contribution is 2.30. The second-order valence-corrected chi connectivity index (χ2v) is 5.23. The van der Waals surface area contributed by atoms with Crippen molar-refractivity contribution in [2.75, 3.05) is 13.1 Å². The monoisotopic (exact) mass is 226 g/mol. The van der Waals surface area contributed by atoms with Gasteiger partial charge in [-0.2, -0.15) is 0 Å². The first kappa shape index (κ1) is 10.7. The van der Waals surface area contributed by atoms with E-state index in [9.17, 15) is 0 Å². The molecule has 2 aromatic rings. The second kappa shape index (κ2) is 4.11. The van der Waals surface area contributed by atoms with Crippen molar-refractivity contribution in [3.8, 4) is 0 Å². The molecule has 1 aromatic heterocycles. The average molecular weight is 226 g/mol. The fraction of sp³-hybridized carbons (Fsp3) is 0.400. The van der Waals surface area contributed by atoms with Crippen molar-refractivity contribution in [2.45, 2.75) is 25.2 Å². The summed E-state index contributed by atoms with van der Waals surface area (Å²) in [4.78, 5) is 4.83. The first-order chi connectivity index (χ1) is 8.28. The minimum absolute atomic E-state index is 0.197. The highest BCUT2D eigenvalue weighted by Gasteiger charge is 2.29. The van der Waals surface area contributed by atoms with E-state index in [0.29, 0.717) is 0 Å². The van der Waals surface area contributed by atoms with E-state index in [1.807, 2.05) is 0 Å². The number of hydrogen-bond donors (Lipinski definition) is 1. The predicted molar refractivity (Wildman–Crippen MR) is 71.2 cm³/mol. The van der Waals surface area contributed by atoms with Crippen LogP contribution in [0.15, 0.2) is 36.4 Å². The fourth-order valence-corrected chi connectivity index (χ4v) is 2.68. The molecule has 0 radical (unpaired) electrons. The molecule has 1 aliphatic rings. The van der Waals surface area contributed by atoms with Gasteiger partial charge in [0.25, 0.3) is 0 Å². The largest absolute Gasteiger partial charge is 0.316 e. The van der Waals surface area contributed by atoms with Crippen LogP contribution in [0.3, 0.4) is 0 Å². The van der Waals surface area contributed by atoms with Crippen molar-refractivity contribution in [3.05, 3.63) is 42.1 Å². The summed E-state index contributed by atoms with van der Waals surface area (Å²) in [6.07, 6.45) is 2.47. The molecule has 2 heterocycles. The van der Waals surface area contributed by atoms with Gasteiger partial charge in [-0.25, -0.2) is 0 Å². The Hall–Kier alpha value is -1.41. The summed E-state index contributed by atoms with van der Waals surface area (Å²) in [6.45, 7) is 4.50. The third-order valence-electron chi connectivity index (χ3n) is 3.81. The zero-order valence-corrected chi connectivity index (χ0v) is 10.2. The van der Waals surface area contributed by atoms with Crippen molar-refractivity contribution in [1.82, 2.24) is 10.3 Å². The quantitative estimate of drug-likeness (QED) is 0.808. The van der Waals surface area contributed by atoms with E-state index in [0.717, 1.165) is 18.6 Å². The summed E-state index contributed by atoms with van der Waals surface area (Å²) in [6, 6.07) is 12.7. The van der Waals surface area contributed by atoms with Crippen LogP contribution >= 0.6 is 0 Å². The lowest BCUT2D eigenvalue weighted by atomic mass is 9.79. The maximum atomic E-state index is 4.83. The summed E-state index contributed by atoms with van der Waals surface area (Å²) < 4.78 is 0. The second-order valence-electron chi connectivity index (χ2n) is 5.23. The molecule has 0 aliphatic carbocycles. The van der Waals surface area contributed by atoms with Crippen molar-refractivity contribution in [3.63, 3.8) is 0 Å². The summed E-state index contributed by atoms with van der Waals surface area (Å²) in [5.74, 6) is 0. The van der Waals surface area contributed by atoms with Gasteiger partial charge in [-0.15, -0.1) is 0 Å². The molecule has 1 N–H and O–H groups in total. The van der Waals surface area contributed by atoms with Gasteiger partial charge in [-0.05, 0) is 31.5 Å². The third kappa shape index (κ3) is 1.93. The minimum Gasteiger partial charge on any atom is -0.316 e. The lowest BCUT2D eigenvalue weighted by Gasteiger charge is -2.33. The van der Waals surface area contributed by atoms with E-state index in [-0.39, 0.29) is 5.41 Å². The molecule has 0 spiro atoms. The van der Waals surface area contributed by atoms with Gasteiger partial charge in [0.2, 0.25) is 0 Å². The number of para-hydroxylation sites is 1. The molecule has 17 heavy (non-hydrogen) atoms. The number of hydrogen-bond acceptors (Lipinski definition) is 2. The van der Waals surface area contributed by atoms with Crippen molar-refractivity contribution in [1.29, 1.82) is 0 Å². The standard InChI is InChI=1S/C15H18N2/c1-15(9-4-10-16-11-15)14-8-7-12-5-2-3-6-13(12)17-14/h2-3,5-8,16H,4,9-11H2,1H3. The molecule has 0 amide bonds. The van der Waals surface area contributed by atoms with Gasteiger partial charge >= 0.3 is 0 Å². The molecule has 1 atom stereocenters. The Labute approximate surface area is 102 Å². The maximum Gasteiger partial charge on any atom is 0.0705 e. The summed E-state index contributed by atoms with van der Waals surface area (Å²) in [5, 5.41) is 4.71. The summed E-state index contributed by atoms with van der Waals surface area (Å²) in [7, 11) is 0. The molecule has 3 rings (SSSR count). The Bertz CT molecular complexity index is 527. The lowest BCUT2D eigenvalue weighted by Crippen LogP contribution is -2.41.